The molecule has 7 heteroatoms. The van der Waals surface area contributed by atoms with Gasteiger partial charge in [0, 0.05) is 27.3 Å². The molecule has 0 spiro atoms. The maximum atomic E-state index is 6.17. The largest absolute Gasteiger partial charge is 0.486 e. The molecule has 0 atom stereocenters. The molecule has 0 fully saturated rings. The molecule has 3 N–H and O–H groups in total. The van der Waals surface area contributed by atoms with Crippen LogP contribution in [0.3, 0.4) is 0 Å². The standard InChI is InChI=1S/C13H11ClN4OS/c14-10-5-6-12(9-4-2-1-3-8(9)10)19-7-11-13(16-15)20-18-17-11/h1-6,16H,7,15H2. The first-order chi connectivity index (χ1) is 9.79. The summed E-state index contributed by atoms with van der Waals surface area (Å²) < 4.78 is 9.64. The van der Waals surface area contributed by atoms with Gasteiger partial charge in [-0.25, -0.2) is 5.84 Å². The van der Waals surface area contributed by atoms with Crippen molar-refractivity contribution in [2.45, 2.75) is 6.61 Å². The van der Waals surface area contributed by atoms with Crippen LogP contribution in [0.5, 0.6) is 5.75 Å². The van der Waals surface area contributed by atoms with Crippen molar-refractivity contribution < 1.29 is 4.74 Å². The van der Waals surface area contributed by atoms with Gasteiger partial charge in [0.15, 0.2) is 5.00 Å². The highest BCUT2D eigenvalue weighted by Crippen LogP contribution is 2.32. The Balaban J connectivity index is 1.90. The summed E-state index contributed by atoms with van der Waals surface area (Å²) in [5.41, 5.74) is 3.23. The van der Waals surface area contributed by atoms with Crippen molar-refractivity contribution in [3.63, 3.8) is 0 Å². The molecule has 0 aliphatic rings. The number of nitrogens with two attached hydrogens (primary N) is 1. The maximum Gasteiger partial charge on any atom is 0.150 e. The molecule has 5 nitrogen and oxygen atoms in total. The van der Waals surface area contributed by atoms with Gasteiger partial charge < -0.3 is 10.2 Å². The van der Waals surface area contributed by atoms with Gasteiger partial charge in [0.2, 0.25) is 0 Å². The van der Waals surface area contributed by atoms with Crippen LogP contribution in [0.15, 0.2) is 36.4 Å². The Hall–Kier alpha value is -1.89. The fourth-order valence-corrected chi connectivity index (χ4v) is 2.63. The molecular weight excluding hydrogens is 296 g/mol. The predicted molar refractivity (Wildman–Crippen MR) is 81.0 cm³/mol. The van der Waals surface area contributed by atoms with Crippen molar-refractivity contribution in [2.75, 3.05) is 5.43 Å². The molecule has 0 bridgehead atoms. The number of halogens is 1. The summed E-state index contributed by atoms with van der Waals surface area (Å²) in [5, 5.41) is 7.30. The van der Waals surface area contributed by atoms with E-state index in [0.717, 1.165) is 16.5 Å². The molecular formula is C13H11ClN4OS. The molecule has 20 heavy (non-hydrogen) atoms. The summed E-state index contributed by atoms with van der Waals surface area (Å²) in [5.74, 6) is 6.13. The van der Waals surface area contributed by atoms with Crippen molar-refractivity contribution in [2.24, 2.45) is 5.84 Å². The Kier molecular flexibility index (Phi) is 3.68. The molecule has 0 radical (unpaired) electrons. The fourth-order valence-electron chi connectivity index (χ4n) is 1.92. The third-order valence-electron chi connectivity index (χ3n) is 2.88. The van der Waals surface area contributed by atoms with Crippen molar-refractivity contribution in [1.82, 2.24) is 9.59 Å². The van der Waals surface area contributed by atoms with E-state index in [1.165, 1.54) is 11.5 Å². The van der Waals surface area contributed by atoms with Gasteiger partial charge in [-0.05, 0) is 12.1 Å². The van der Waals surface area contributed by atoms with Crippen LogP contribution in [0, 0.1) is 0 Å². The number of nitrogens with zero attached hydrogens (tertiary/aromatic N) is 2. The molecule has 0 amide bonds. The van der Waals surface area contributed by atoms with E-state index in [0.29, 0.717) is 22.3 Å². The minimum absolute atomic E-state index is 0.293. The van der Waals surface area contributed by atoms with Gasteiger partial charge in [-0.3, -0.25) is 0 Å². The second-order valence-electron chi connectivity index (χ2n) is 4.07. The second-order valence-corrected chi connectivity index (χ2v) is 5.23. The lowest BCUT2D eigenvalue weighted by Gasteiger charge is -2.09. The van der Waals surface area contributed by atoms with Crippen LogP contribution >= 0.6 is 23.1 Å². The highest BCUT2D eigenvalue weighted by molar-refractivity contribution is 7.10. The minimum Gasteiger partial charge on any atom is -0.486 e. The highest BCUT2D eigenvalue weighted by atomic mass is 35.5. The Morgan fingerprint density at radius 1 is 1.20 bits per heavy atom. The van der Waals surface area contributed by atoms with Gasteiger partial charge in [-0.2, -0.15) is 0 Å². The van der Waals surface area contributed by atoms with E-state index >= 15 is 0 Å². The number of hydrogen-bond acceptors (Lipinski definition) is 6. The zero-order valence-corrected chi connectivity index (χ0v) is 11.9. The number of aromatic nitrogens is 2. The average molecular weight is 307 g/mol. The highest BCUT2D eigenvalue weighted by Gasteiger charge is 2.09. The first kappa shape index (κ1) is 13.1. The summed E-state index contributed by atoms with van der Waals surface area (Å²) in [4.78, 5) is 0. The zero-order valence-electron chi connectivity index (χ0n) is 10.3. The summed E-state index contributed by atoms with van der Waals surface area (Å²) in [7, 11) is 0. The van der Waals surface area contributed by atoms with E-state index in [2.05, 4.69) is 15.0 Å². The lowest BCUT2D eigenvalue weighted by molar-refractivity contribution is 0.305. The average Bonchev–Trinajstić information content (AvgIpc) is 2.94. The van der Waals surface area contributed by atoms with Crippen LogP contribution < -0.4 is 16.0 Å². The Morgan fingerprint density at radius 3 is 2.80 bits per heavy atom. The Labute approximate surface area is 124 Å². The third kappa shape index (κ3) is 2.40. The van der Waals surface area contributed by atoms with E-state index < -0.39 is 0 Å². The molecule has 1 aromatic heterocycles. The van der Waals surface area contributed by atoms with Crippen LogP contribution in [0.4, 0.5) is 5.00 Å². The molecule has 3 aromatic rings. The van der Waals surface area contributed by atoms with E-state index in [1.807, 2.05) is 36.4 Å². The van der Waals surface area contributed by atoms with Crippen molar-refractivity contribution in [3.05, 3.63) is 47.1 Å². The first-order valence-electron chi connectivity index (χ1n) is 5.87. The van der Waals surface area contributed by atoms with Crippen LogP contribution in [-0.4, -0.2) is 9.59 Å². The number of rotatable bonds is 4. The van der Waals surface area contributed by atoms with E-state index in [4.69, 9.17) is 22.2 Å². The summed E-state index contributed by atoms with van der Waals surface area (Å²) >= 11 is 7.37. The first-order valence-corrected chi connectivity index (χ1v) is 7.02. The SMILES string of the molecule is NNc1snnc1COc1ccc(Cl)c2ccccc12. The van der Waals surface area contributed by atoms with Gasteiger partial charge in [0.25, 0.3) is 0 Å². The fraction of sp³-hybridized carbons (Fsp3) is 0.0769. The number of nitrogen functional groups attached to an aromatic ring is 1. The summed E-state index contributed by atoms with van der Waals surface area (Å²) in [6.45, 7) is 0.293. The Morgan fingerprint density at radius 2 is 2.00 bits per heavy atom. The van der Waals surface area contributed by atoms with Gasteiger partial charge in [-0.1, -0.05) is 40.4 Å². The molecule has 0 saturated heterocycles. The summed E-state index contributed by atoms with van der Waals surface area (Å²) in [6, 6.07) is 11.5. The smallest absolute Gasteiger partial charge is 0.150 e. The van der Waals surface area contributed by atoms with Gasteiger partial charge in [0.05, 0.1) is 0 Å². The molecule has 102 valence electrons. The zero-order chi connectivity index (χ0) is 13.9. The number of fused-ring (bicyclic) bond motifs is 1. The quantitative estimate of drug-likeness (QED) is 0.572. The number of benzene rings is 2. The minimum atomic E-state index is 0.293. The Bertz CT molecular complexity index is 746. The molecule has 3 rings (SSSR count). The van der Waals surface area contributed by atoms with Crippen LogP contribution in [0.25, 0.3) is 10.8 Å². The summed E-state index contributed by atoms with van der Waals surface area (Å²) in [6.07, 6.45) is 0. The number of ether oxygens (including phenoxy) is 1. The topological polar surface area (TPSA) is 73.1 Å². The van der Waals surface area contributed by atoms with Crippen molar-refractivity contribution in [1.29, 1.82) is 0 Å². The second kappa shape index (κ2) is 5.62. The lowest BCUT2D eigenvalue weighted by Crippen LogP contribution is -2.08. The normalized spacial score (nSPS) is 10.7. The lowest BCUT2D eigenvalue weighted by atomic mass is 10.1. The predicted octanol–water partition coefficient (Wildman–Crippen LogP) is 3.21. The number of hydrogen-bond donors (Lipinski definition) is 2. The van der Waals surface area contributed by atoms with E-state index in [9.17, 15) is 0 Å². The van der Waals surface area contributed by atoms with Crippen LogP contribution in [0.2, 0.25) is 5.02 Å². The number of nitrogens with one attached hydrogen (secondary N) is 1. The van der Waals surface area contributed by atoms with Crippen LogP contribution in [-0.2, 0) is 6.61 Å². The van der Waals surface area contributed by atoms with E-state index in [-0.39, 0.29) is 0 Å². The van der Waals surface area contributed by atoms with Gasteiger partial charge >= 0.3 is 0 Å². The molecule has 0 aliphatic heterocycles. The monoisotopic (exact) mass is 306 g/mol. The van der Waals surface area contributed by atoms with Gasteiger partial charge in [-0.15, -0.1) is 5.10 Å². The van der Waals surface area contributed by atoms with Crippen LogP contribution in [0.1, 0.15) is 5.69 Å². The third-order valence-corrected chi connectivity index (χ3v) is 3.91. The molecule has 0 unspecified atom stereocenters. The maximum absolute atomic E-state index is 6.17. The molecule has 1 heterocycles. The van der Waals surface area contributed by atoms with E-state index in [1.54, 1.807) is 0 Å². The molecule has 0 saturated carbocycles. The van der Waals surface area contributed by atoms with Crippen molar-refractivity contribution >= 4 is 38.9 Å². The molecule has 2 aromatic carbocycles. The van der Waals surface area contributed by atoms with Crippen molar-refractivity contribution in [3.8, 4) is 5.75 Å². The number of anilines is 1. The molecule has 0 aliphatic carbocycles. The number of hydrazine groups is 1. The van der Waals surface area contributed by atoms with Gasteiger partial charge in [0.1, 0.15) is 18.1 Å².